The van der Waals surface area contributed by atoms with Crippen molar-refractivity contribution in [2.75, 3.05) is 5.73 Å². The summed E-state index contributed by atoms with van der Waals surface area (Å²) in [5.74, 6) is 0. The molecule has 63 valence electrons. The molecule has 0 atom stereocenters. The van der Waals surface area contributed by atoms with Crippen molar-refractivity contribution in [3.8, 4) is 6.07 Å². The van der Waals surface area contributed by atoms with E-state index < -0.39 is 0 Å². The zero-order valence-electron chi connectivity index (χ0n) is 7.12. The molecule has 0 bridgehead atoms. The number of nitrogen functional groups attached to an aromatic ring is 1. The first-order valence-corrected chi connectivity index (χ1v) is 3.92. The molecule has 1 heterocycles. The third-order valence-corrected chi connectivity index (χ3v) is 1.76. The van der Waals surface area contributed by atoms with Gasteiger partial charge in [-0.05, 0) is 18.9 Å². The monoisotopic (exact) mass is 162 g/mol. The van der Waals surface area contributed by atoms with Crippen LogP contribution >= 0.6 is 0 Å². The first-order chi connectivity index (χ1) is 5.79. The lowest BCUT2D eigenvalue weighted by molar-refractivity contribution is 0.686. The minimum Gasteiger partial charge on any atom is -0.396 e. The van der Waals surface area contributed by atoms with Gasteiger partial charge in [-0.1, -0.05) is 6.92 Å². The van der Waals surface area contributed by atoms with Gasteiger partial charge in [0.25, 0.3) is 0 Å². The summed E-state index contributed by atoms with van der Waals surface area (Å²) in [6, 6.07) is 3.83. The van der Waals surface area contributed by atoms with Gasteiger partial charge in [-0.3, -0.25) is 0 Å². The van der Waals surface area contributed by atoms with Crippen molar-refractivity contribution >= 4 is 5.69 Å². The summed E-state index contributed by atoms with van der Waals surface area (Å²) < 4.78 is 1.87. The van der Waals surface area contributed by atoms with E-state index in [-0.39, 0.29) is 0 Å². The maximum absolute atomic E-state index is 8.73. The van der Waals surface area contributed by atoms with E-state index in [0.29, 0.717) is 11.4 Å². The van der Waals surface area contributed by atoms with Gasteiger partial charge in [0.1, 0.15) is 11.8 Å². The number of nitrogens with two attached hydrogens (primary N) is 1. The molecule has 3 nitrogen and oxygen atoms in total. The summed E-state index contributed by atoms with van der Waals surface area (Å²) >= 11 is 0. The van der Waals surface area contributed by atoms with E-state index in [1.807, 2.05) is 17.7 Å². The predicted molar refractivity (Wildman–Crippen MR) is 48.2 cm³/mol. The van der Waals surface area contributed by atoms with Crippen LogP contribution in [0.5, 0.6) is 0 Å². The van der Waals surface area contributed by atoms with Crippen LogP contribution in [-0.2, 0) is 6.54 Å². The van der Waals surface area contributed by atoms with E-state index >= 15 is 0 Å². The number of aromatic nitrogens is 1. The van der Waals surface area contributed by atoms with E-state index in [9.17, 15) is 0 Å². The molecule has 0 aromatic carbocycles. The number of hydrogen-bond acceptors (Lipinski definition) is 2. The van der Waals surface area contributed by atoms with Crippen molar-refractivity contribution < 1.29 is 0 Å². The van der Waals surface area contributed by atoms with E-state index in [1.54, 1.807) is 6.07 Å². The Kier molecular flexibility index (Phi) is 2.76. The minimum atomic E-state index is 0.564. The molecule has 0 aliphatic heterocycles. The number of nitriles is 1. The van der Waals surface area contributed by atoms with Gasteiger partial charge < -0.3 is 10.3 Å². The maximum Gasteiger partial charge on any atom is 0.143 e. The largest absolute Gasteiger partial charge is 0.396 e. The Balaban J connectivity index is 2.79. The van der Waals surface area contributed by atoms with Crippen LogP contribution in [0.15, 0.2) is 12.3 Å². The summed E-state index contributed by atoms with van der Waals surface area (Å²) in [5, 5.41) is 8.73. The van der Waals surface area contributed by atoms with Gasteiger partial charge in [0.05, 0.1) is 5.69 Å². The van der Waals surface area contributed by atoms with Crippen molar-refractivity contribution in [1.82, 2.24) is 4.57 Å². The van der Waals surface area contributed by atoms with E-state index in [4.69, 9.17) is 11.0 Å². The standard InChI is InChI=1S/C9H12N3/c1-2-3-5-12-6-4-8(11)9(12)7-10/h2,4,6H,3,5,11H2,1H3. The lowest BCUT2D eigenvalue weighted by Gasteiger charge is -2.01. The lowest BCUT2D eigenvalue weighted by Crippen LogP contribution is -2.00. The van der Waals surface area contributed by atoms with Gasteiger partial charge in [0, 0.05) is 12.7 Å². The Morgan fingerprint density at radius 2 is 2.50 bits per heavy atom. The Labute approximate surface area is 72.4 Å². The molecule has 2 N–H and O–H groups in total. The summed E-state index contributed by atoms with van der Waals surface area (Å²) in [6.45, 7) is 2.83. The average Bonchev–Trinajstić information content (AvgIpc) is 2.43. The Morgan fingerprint density at radius 1 is 1.75 bits per heavy atom. The molecule has 12 heavy (non-hydrogen) atoms. The molecule has 0 saturated carbocycles. The lowest BCUT2D eigenvalue weighted by atomic mass is 10.3. The molecule has 1 radical (unpaired) electrons. The molecule has 1 rings (SSSR count). The van der Waals surface area contributed by atoms with Crippen LogP contribution in [0.25, 0.3) is 0 Å². The smallest absolute Gasteiger partial charge is 0.143 e. The number of nitrogens with zero attached hydrogens (tertiary/aromatic N) is 2. The normalized spacial score (nSPS) is 9.67. The van der Waals surface area contributed by atoms with Crippen molar-refractivity contribution in [3.05, 3.63) is 24.4 Å². The first kappa shape index (κ1) is 8.66. The van der Waals surface area contributed by atoms with E-state index in [0.717, 1.165) is 13.0 Å². The number of hydrogen-bond donors (Lipinski definition) is 1. The first-order valence-electron chi connectivity index (χ1n) is 3.92. The zero-order valence-corrected chi connectivity index (χ0v) is 7.12. The summed E-state index contributed by atoms with van der Waals surface area (Å²) in [4.78, 5) is 0. The molecule has 0 unspecified atom stereocenters. The topological polar surface area (TPSA) is 54.7 Å². The highest BCUT2D eigenvalue weighted by Gasteiger charge is 2.03. The van der Waals surface area contributed by atoms with Crippen LogP contribution in [0.4, 0.5) is 5.69 Å². The molecule has 0 amide bonds. The van der Waals surface area contributed by atoms with Crippen LogP contribution in [0, 0.1) is 17.8 Å². The van der Waals surface area contributed by atoms with Crippen molar-refractivity contribution in [1.29, 1.82) is 5.26 Å². The molecule has 1 aromatic heterocycles. The van der Waals surface area contributed by atoms with Gasteiger partial charge >= 0.3 is 0 Å². The quantitative estimate of drug-likeness (QED) is 0.733. The van der Waals surface area contributed by atoms with Crippen LogP contribution in [-0.4, -0.2) is 4.57 Å². The van der Waals surface area contributed by atoms with Crippen molar-refractivity contribution in [3.63, 3.8) is 0 Å². The number of unbranched alkanes of at least 4 members (excludes halogenated alkanes) is 1. The van der Waals surface area contributed by atoms with Gasteiger partial charge in [-0.15, -0.1) is 0 Å². The third-order valence-electron chi connectivity index (χ3n) is 1.76. The second-order valence-electron chi connectivity index (χ2n) is 2.62. The van der Waals surface area contributed by atoms with Crippen molar-refractivity contribution in [2.45, 2.75) is 19.9 Å². The fraction of sp³-hybridized carbons (Fsp3) is 0.333. The number of rotatable bonds is 3. The number of aryl methyl sites for hydroxylation is 1. The molecular weight excluding hydrogens is 150 g/mol. The highest BCUT2D eigenvalue weighted by molar-refractivity contribution is 5.50. The van der Waals surface area contributed by atoms with Crippen LogP contribution in [0.1, 0.15) is 19.0 Å². The molecule has 0 aliphatic rings. The second-order valence-corrected chi connectivity index (χ2v) is 2.62. The summed E-state index contributed by atoms with van der Waals surface area (Å²) in [7, 11) is 0. The highest BCUT2D eigenvalue weighted by Crippen LogP contribution is 2.12. The van der Waals surface area contributed by atoms with Gasteiger partial charge in [-0.2, -0.15) is 5.26 Å². The van der Waals surface area contributed by atoms with E-state index in [2.05, 4.69) is 12.5 Å². The Hall–Kier alpha value is -1.43. The number of anilines is 1. The Morgan fingerprint density at radius 3 is 3.08 bits per heavy atom. The summed E-state index contributed by atoms with van der Waals surface area (Å²) in [6.07, 6.45) is 4.87. The minimum absolute atomic E-state index is 0.564. The van der Waals surface area contributed by atoms with Gasteiger partial charge in [-0.25, -0.2) is 0 Å². The molecule has 0 saturated heterocycles. The highest BCUT2D eigenvalue weighted by atomic mass is 15.0. The molecule has 1 aromatic rings. The zero-order chi connectivity index (χ0) is 8.97. The van der Waals surface area contributed by atoms with Crippen LogP contribution in [0.2, 0.25) is 0 Å². The average molecular weight is 162 g/mol. The van der Waals surface area contributed by atoms with Crippen LogP contribution < -0.4 is 5.73 Å². The Bertz CT molecular complexity index is 293. The van der Waals surface area contributed by atoms with Crippen LogP contribution in [0.3, 0.4) is 0 Å². The predicted octanol–water partition coefficient (Wildman–Crippen LogP) is 1.56. The maximum atomic E-state index is 8.73. The molecular formula is C9H12N3. The third kappa shape index (κ3) is 1.59. The van der Waals surface area contributed by atoms with Gasteiger partial charge in [0.2, 0.25) is 0 Å². The molecule has 0 fully saturated rings. The fourth-order valence-corrected chi connectivity index (χ4v) is 1.07. The second kappa shape index (κ2) is 3.82. The molecule has 3 heteroatoms. The summed E-state index contributed by atoms with van der Waals surface area (Å²) in [5.41, 5.74) is 6.70. The molecule has 0 aliphatic carbocycles. The fourth-order valence-electron chi connectivity index (χ4n) is 1.07. The molecule has 0 spiro atoms. The van der Waals surface area contributed by atoms with Crippen molar-refractivity contribution in [2.24, 2.45) is 0 Å². The SMILES string of the molecule is C[CH]CCn1ccc(N)c1C#N. The van der Waals surface area contributed by atoms with E-state index in [1.165, 1.54) is 0 Å². The van der Waals surface area contributed by atoms with Gasteiger partial charge in [0.15, 0.2) is 0 Å².